The van der Waals surface area contributed by atoms with E-state index in [-0.39, 0.29) is 11.8 Å². The third-order valence-corrected chi connectivity index (χ3v) is 3.86. The number of rotatable bonds is 5. The van der Waals surface area contributed by atoms with Crippen LogP contribution in [0, 0.1) is 0 Å². The number of likely N-dealkylation sites (N-methyl/N-ethyl adjacent to an activating group) is 1. The summed E-state index contributed by atoms with van der Waals surface area (Å²) in [4.78, 5) is 26.7. The summed E-state index contributed by atoms with van der Waals surface area (Å²) in [5, 5.41) is 2.60. The molecule has 0 bridgehead atoms. The first-order chi connectivity index (χ1) is 10.1. The molecule has 21 heavy (non-hydrogen) atoms. The summed E-state index contributed by atoms with van der Waals surface area (Å²) < 4.78 is 0. The van der Waals surface area contributed by atoms with Crippen molar-refractivity contribution in [1.29, 1.82) is 0 Å². The second-order valence-corrected chi connectivity index (χ2v) is 5.67. The van der Waals surface area contributed by atoms with Crippen molar-refractivity contribution in [2.45, 2.75) is 19.4 Å². The van der Waals surface area contributed by atoms with Crippen molar-refractivity contribution in [3.05, 3.63) is 35.4 Å². The van der Waals surface area contributed by atoms with Crippen LogP contribution in [0.25, 0.3) is 0 Å². The van der Waals surface area contributed by atoms with Crippen molar-refractivity contribution >= 4 is 11.8 Å². The maximum atomic E-state index is 12.1. The van der Waals surface area contributed by atoms with Crippen LogP contribution < -0.4 is 10.2 Å². The normalized spacial score (nSPS) is 15.8. The van der Waals surface area contributed by atoms with Crippen LogP contribution in [0.1, 0.15) is 28.8 Å². The summed E-state index contributed by atoms with van der Waals surface area (Å²) in [6, 6.07) is 7.55. The molecule has 114 valence electrons. The van der Waals surface area contributed by atoms with E-state index in [1.807, 2.05) is 36.2 Å². The Labute approximate surface area is 125 Å². The van der Waals surface area contributed by atoms with Gasteiger partial charge in [0.15, 0.2) is 6.54 Å². The Bertz CT molecular complexity index is 493. The first-order valence-electron chi connectivity index (χ1n) is 7.50. The highest BCUT2D eigenvalue weighted by Crippen LogP contribution is 2.06. The lowest BCUT2D eigenvalue weighted by Gasteiger charge is -2.19. The van der Waals surface area contributed by atoms with Crippen LogP contribution in [0.15, 0.2) is 24.3 Å². The average Bonchev–Trinajstić information content (AvgIpc) is 3.01. The summed E-state index contributed by atoms with van der Waals surface area (Å²) in [6.07, 6.45) is 2.26. The molecule has 5 nitrogen and oxygen atoms in total. The van der Waals surface area contributed by atoms with Crippen LogP contribution >= 0.6 is 0 Å². The van der Waals surface area contributed by atoms with E-state index >= 15 is 0 Å². The van der Waals surface area contributed by atoms with E-state index in [4.69, 9.17) is 0 Å². The number of hydrogen-bond acceptors (Lipinski definition) is 2. The molecule has 1 aliphatic heterocycles. The molecule has 1 unspecified atom stereocenters. The summed E-state index contributed by atoms with van der Waals surface area (Å²) in [5.74, 6) is 0.165. The van der Waals surface area contributed by atoms with Crippen molar-refractivity contribution in [3.63, 3.8) is 0 Å². The van der Waals surface area contributed by atoms with E-state index < -0.39 is 0 Å². The SMILES string of the molecule is CNC(=O)c1ccc(C[NH+](C)CC(=O)N2CCCC2)cc1. The number of likely N-dealkylation sites (tertiary alicyclic amines) is 1. The molecule has 1 aromatic rings. The maximum Gasteiger partial charge on any atom is 0.277 e. The van der Waals surface area contributed by atoms with Gasteiger partial charge in [-0.1, -0.05) is 12.1 Å². The molecule has 0 spiro atoms. The third kappa shape index (κ3) is 4.29. The predicted octanol–water partition coefficient (Wildman–Crippen LogP) is -0.317. The summed E-state index contributed by atoms with van der Waals surface area (Å²) in [6.45, 7) is 3.13. The predicted molar refractivity (Wildman–Crippen MR) is 81.1 cm³/mol. The molecule has 0 saturated carbocycles. The highest BCUT2D eigenvalue weighted by Gasteiger charge is 2.21. The Morgan fingerprint density at radius 2 is 1.81 bits per heavy atom. The fourth-order valence-corrected chi connectivity index (χ4v) is 2.67. The molecule has 2 rings (SSSR count). The van der Waals surface area contributed by atoms with E-state index in [1.54, 1.807) is 7.05 Å². The zero-order chi connectivity index (χ0) is 15.2. The van der Waals surface area contributed by atoms with E-state index in [9.17, 15) is 9.59 Å². The molecule has 1 aromatic carbocycles. The van der Waals surface area contributed by atoms with Crippen molar-refractivity contribution in [2.75, 3.05) is 33.7 Å². The topological polar surface area (TPSA) is 53.9 Å². The van der Waals surface area contributed by atoms with Gasteiger partial charge in [0.05, 0.1) is 7.05 Å². The molecule has 0 aliphatic carbocycles. The standard InChI is InChI=1S/C16H23N3O2/c1-17-16(21)14-7-5-13(6-8-14)11-18(2)12-15(20)19-9-3-4-10-19/h5-8H,3-4,9-12H2,1-2H3,(H,17,21)/p+1. The highest BCUT2D eigenvalue weighted by molar-refractivity contribution is 5.93. The Morgan fingerprint density at radius 3 is 2.38 bits per heavy atom. The van der Waals surface area contributed by atoms with E-state index in [1.165, 1.54) is 4.90 Å². The summed E-state index contributed by atoms with van der Waals surface area (Å²) >= 11 is 0. The maximum absolute atomic E-state index is 12.1. The van der Waals surface area contributed by atoms with Crippen molar-refractivity contribution in [3.8, 4) is 0 Å². The van der Waals surface area contributed by atoms with Crippen LogP contribution in [0.3, 0.4) is 0 Å². The van der Waals surface area contributed by atoms with E-state index in [2.05, 4.69) is 5.32 Å². The molecule has 1 saturated heterocycles. The molecule has 5 heteroatoms. The Hall–Kier alpha value is -1.88. The number of carbonyl (C=O) groups excluding carboxylic acids is 2. The first-order valence-corrected chi connectivity index (χ1v) is 7.50. The Kier molecular flexibility index (Phi) is 5.33. The van der Waals surface area contributed by atoms with Gasteiger partial charge in [0.25, 0.3) is 11.8 Å². The average molecular weight is 290 g/mol. The number of nitrogens with zero attached hydrogens (tertiary/aromatic N) is 1. The number of benzene rings is 1. The highest BCUT2D eigenvalue weighted by atomic mass is 16.2. The minimum Gasteiger partial charge on any atom is -0.355 e. The third-order valence-electron chi connectivity index (χ3n) is 3.86. The van der Waals surface area contributed by atoms with Crippen LogP contribution in [0.5, 0.6) is 0 Å². The number of nitrogens with one attached hydrogen (secondary N) is 2. The number of hydrogen-bond donors (Lipinski definition) is 2. The van der Waals surface area contributed by atoms with Gasteiger partial charge in [-0.25, -0.2) is 0 Å². The van der Waals surface area contributed by atoms with Gasteiger partial charge in [0, 0.05) is 31.3 Å². The van der Waals surface area contributed by atoms with Crippen molar-refractivity contribution in [2.24, 2.45) is 0 Å². The second-order valence-electron chi connectivity index (χ2n) is 5.67. The largest absolute Gasteiger partial charge is 0.355 e. The van der Waals surface area contributed by atoms with Gasteiger partial charge in [0.1, 0.15) is 6.54 Å². The van der Waals surface area contributed by atoms with Gasteiger partial charge >= 0.3 is 0 Å². The van der Waals surface area contributed by atoms with Crippen molar-refractivity contribution < 1.29 is 14.5 Å². The van der Waals surface area contributed by atoms with Crippen LogP contribution in [0.2, 0.25) is 0 Å². The van der Waals surface area contributed by atoms with Gasteiger partial charge in [0.2, 0.25) is 0 Å². The molecule has 1 atom stereocenters. The number of quaternary nitrogens is 1. The first kappa shape index (κ1) is 15.5. The lowest BCUT2D eigenvalue weighted by atomic mass is 10.1. The smallest absolute Gasteiger partial charge is 0.277 e. The molecule has 0 aromatic heterocycles. The molecule has 2 amide bonds. The number of amides is 2. The molecular formula is C16H24N3O2+. The van der Waals surface area contributed by atoms with Gasteiger partial charge in [-0.05, 0) is 25.0 Å². The lowest BCUT2D eigenvalue weighted by Crippen LogP contribution is -3.08. The molecule has 1 aliphatic rings. The Balaban J connectivity index is 1.85. The molecule has 1 fully saturated rings. The van der Waals surface area contributed by atoms with Gasteiger partial charge in [-0.2, -0.15) is 0 Å². The van der Waals surface area contributed by atoms with E-state index in [0.29, 0.717) is 12.1 Å². The number of carbonyl (C=O) groups is 2. The zero-order valence-electron chi connectivity index (χ0n) is 12.8. The minimum atomic E-state index is -0.0773. The quantitative estimate of drug-likeness (QED) is 0.781. The van der Waals surface area contributed by atoms with Gasteiger partial charge in [-0.3, -0.25) is 9.59 Å². The van der Waals surface area contributed by atoms with Crippen LogP contribution in [0.4, 0.5) is 0 Å². The molecular weight excluding hydrogens is 266 g/mol. The summed E-state index contributed by atoms with van der Waals surface area (Å²) in [5.41, 5.74) is 1.79. The zero-order valence-corrected chi connectivity index (χ0v) is 12.8. The molecule has 2 N–H and O–H groups in total. The molecule has 0 radical (unpaired) electrons. The van der Waals surface area contributed by atoms with E-state index in [0.717, 1.165) is 38.0 Å². The fraction of sp³-hybridized carbons (Fsp3) is 0.500. The van der Waals surface area contributed by atoms with Crippen LogP contribution in [-0.2, 0) is 11.3 Å². The van der Waals surface area contributed by atoms with Gasteiger partial charge in [-0.15, -0.1) is 0 Å². The minimum absolute atomic E-state index is 0.0773. The van der Waals surface area contributed by atoms with Gasteiger partial charge < -0.3 is 15.1 Å². The van der Waals surface area contributed by atoms with Crippen molar-refractivity contribution in [1.82, 2.24) is 10.2 Å². The van der Waals surface area contributed by atoms with Crippen LogP contribution in [-0.4, -0.2) is 50.4 Å². The fourth-order valence-electron chi connectivity index (χ4n) is 2.67. The summed E-state index contributed by atoms with van der Waals surface area (Å²) in [7, 11) is 3.65. The Morgan fingerprint density at radius 1 is 1.19 bits per heavy atom. The second kappa shape index (κ2) is 7.22. The monoisotopic (exact) mass is 290 g/mol. The molecule has 1 heterocycles. The lowest BCUT2D eigenvalue weighted by molar-refractivity contribution is -0.885.